The van der Waals surface area contributed by atoms with Crippen LogP contribution >= 0.6 is 0 Å². The van der Waals surface area contributed by atoms with E-state index in [1.165, 1.54) is 0 Å². The highest BCUT2D eigenvalue weighted by atomic mass is 16.6. The number of benzene rings is 2. The highest BCUT2D eigenvalue weighted by molar-refractivity contribution is 5.86. The van der Waals surface area contributed by atoms with Crippen LogP contribution in [0.15, 0.2) is 54.6 Å². The molecule has 1 heterocycles. The molecular weight excluding hydrogens is 390 g/mol. The summed E-state index contributed by atoms with van der Waals surface area (Å²) in [5, 5.41) is 0. The maximum Gasteiger partial charge on any atom is 0.329 e. The van der Waals surface area contributed by atoms with Gasteiger partial charge in [0.25, 0.3) is 0 Å². The molecular formula is C26H33NO4. The molecule has 0 N–H and O–H groups in total. The molecule has 1 aliphatic rings. The molecule has 0 unspecified atom stereocenters. The number of hydrogen-bond donors (Lipinski definition) is 0. The highest BCUT2D eigenvalue weighted by Gasteiger charge is 2.38. The van der Waals surface area contributed by atoms with E-state index in [1.54, 1.807) is 4.90 Å². The number of likely N-dealkylation sites (tertiary alicyclic amines) is 1. The van der Waals surface area contributed by atoms with Crippen LogP contribution < -0.4 is 4.74 Å². The van der Waals surface area contributed by atoms with Crippen molar-refractivity contribution in [2.24, 2.45) is 5.92 Å². The minimum atomic E-state index is -0.551. The van der Waals surface area contributed by atoms with Crippen molar-refractivity contribution in [3.63, 3.8) is 0 Å². The van der Waals surface area contributed by atoms with Crippen molar-refractivity contribution in [2.45, 2.75) is 65.2 Å². The van der Waals surface area contributed by atoms with E-state index in [1.807, 2.05) is 82.3 Å². The summed E-state index contributed by atoms with van der Waals surface area (Å²) in [7, 11) is 0. The van der Waals surface area contributed by atoms with Gasteiger partial charge in [0.2, 0.25) is 5.91 Å². The number of esters is 1. The minimum Gasteiger partial charge on any atom is -0.489 e. The van der Waals surface area contributed by atoms with Crippen LogP contribution in [0.3, 0.4) is 0 Å². The average molecular weight is 424 g/mol. The van der Waals surface area contributed by atoms with Crippen molar-refractivity contribution in [1.29, 1.82) is 0 Å². The largest absolute Gasteiger partial charge is 0.489 e. The minimum absolute atomic E-state index is 0.0118. The Morgan fingerprint density at radius 1 is 1.03 bits per heavy atom. The first-order valence-corrected chi connectivity index (χ1v) is 11.0. The van der Waals surface area contributed by atoms with E-state index in [4.69, 9.17) is 9.47 Å². The van der Waals surface area contributed by atoms with Crippen LogP contribution in [0, 0.1) is 5.92 Å². The lowest BCUT2D eigenvalue weighted by molar-refractivity contribution is -0.163. The van der Waals surface area contributed by atoms with Gasteiger partial charge in [0.1, 0.15) is 24.0 Å². The Kier molecular flexibility index (Phi) is 7.37. The molecule has 0 bridgehead atoms. The summed E-state index contributed by atoms with van der Waals surface area (Å²) in [6.45, 7) is 8.60. The van der Waals surface area contributed by atoms with Gasteiger partial charge in [-0.05, 0) is 63.3 Å². The fourth-order valence-corrected chi connectivity index (χ4v) is 3.83. The quantitative estimate of drug-likeness (QED) is 0.602. The summed E-state index contributed by atoms with van der Waals surface area (Å²) in [5.74, 6) is 0.304. The van der Waals surface area contributed by atoms with Gasteiger partial charge >= 0.3 is 5.97 Å². The van der Waals surface area contributed by atoms with Crippen molar-refractivity contribution in [3.8, 4) is 5.75 Å². The zero-order valence-corrected chi connectivity index (χ0v) is 19.0. The standard InChI is InChI=1S/C26H33NO4/c1-19(24(28)27-16-8-11-23(27)25(29)31-26(2,3)4)17-20-12-14-22(15-13-20)30-18-21-9-6-5-7-10-21/h5-7,9-10,12-15,19,23H,8,11,16-18H2,1-4H3/t19-,23-/m0/s1. The molecule has 5 heteroatoms. The van der Waals surface area contributed by atoms with E-state index in [0.29, 0.717) is 26.0 Å². The fourth-order valence-electron chi connectivity index (χ4n) is 3.83. The monoisotopic (exact) mass is 423 g/mol. The molecule has 1 saturated heterocycles. The maximum atomic E-state index is 13.0. The lowest BCUT2D eigenvalue weighted by Crippen LogP contribution is -2.45. The Bertz CT molecular complexity index is 871. The number of nitrogens with zero attached hydrogens (tertiary/aromatic N) is 1. The molecule has 0 radical (unpaired) electrons. The normalized spacial score (nSPS) is 17.3. The Morgan fingerprint density at radius 2 is 1.71 bits per heavy atom. The van der Waals surface area contributed by atoms with E-state index in [0.717, 1.165) is 23.3 Å². The molecule has 166 valence electrons. The molecule has 1 fully saturated rings. The Balaban J connectivity index is 1.54. The maximum absolute atomic E-state index is 13.0. The zero-order valence-electron chi connectivity index (χ0n) is 19.0. The van der Waals surface area contributed by atoms with E-state index in [2.05, 4.69) is 0 Å². The third-order valence-electron chi connectivity index (χ3n) is 5.35. The number of carbonyl (C=O) groups is 2. The molecule has 2 atom stereocenters. The van der Waals surface area contributed by atoms with Crippen LogP contribution in [0.2, 0.25) is 0 Å². The summed E-state index contributed by atoms with van der Waals surface area (Å²) in [6.07, 6.45) is 2.12. The second-order valence-electron chi connectivity index (χ2n) is 9.25. The summed E-state index contributed by atoms with van der Waals surface area (Å²) in [6, 6.07) is 17.4. The van der Waals surface area contributed by atoms with Crippen molar-refractivity contribution < 1.29 is 19.1 Å². The van der Waals surface area contributed by atoms with Gasteiger partial charge in [-0.15, -0.1) is 0 Å². The van der Waals surface area contributed by atoms with Gasteiger partial charge in [0.05, 0.1) is 0 Å². The first-order valence-electron chi connectivity index (χ1n) is 11.0. The molecule has 2 aromatic carbocycles. The summed E-state index contributed by atoms with van der Waals surface area (Å²) in [4.78, 5) is 27.3. The van der Waals surface area contributed by atoms with Gasteiger partial charge in [0, 0.05) is 12.5 Å². The lowest BCUT2D eigenvalue weighted by Gasteiger charge is -2.29. The second kappa shape index (κ2) is 9.99. The molecule has 31 heavy (non-hydrogen) atoms. The van der Waals surface area contributed by atoms with Gasteiger partial charge in [-0.25, -0.2) is 4.79 Å². The van der Waals surface area contributed by atoms with Gasteiger partial charge in [-0.2, -0.15) is 0 Å². The van der Waals surface area contributed by atoms with Gasteiger partial charge in [-0.1, -0.05) is 49.4 Å². The second-order valence-corrected chi connectivity index (χ2v) is 9.25. The topological polar surface area (TPSA) is 55.8 Å². The molecule has 0 spiro atoms. The summed E-state index contributed by atoms with van der Waals surface area (Å²) < 4.78 is 11.4. The molecule has 2 aromatic rings. The van der Waals surface area contributed by atoms with Crippen LogP contribution in [0.1, 0.15) is 51.7 Å². The van der Waals surface area contributed by atoms with Crippen LogP contribution in [0.5, 0.6) is 5.75 Å². The molecule has 0 saturated carbocycles. The average Bonchev–Trinajstić information content (AvgIpc) is 3.22. The van der Waals surface area contributed by atoms with Crippen molar-refractivity contribution >= 4 is 11.9 Å². The summed E-state index contributed by atoms with van der Waals surface area (Å²) >= 11 is 0. The van der Waals surface area contributed by atoms with E-state index >= 15 is 0 Å². The lowest BCUT2D eigenvalue weighted by atomic mass is 9.99. The molecule has 1 aliphatic heterocycles. The SMILES string of the molecule is C[C@@H](Cc1ccc(OCc2ccccc2)cc1)C(=O)N1CCC[C@H]1C(=O)OC(C)(C)C. The molecule has 5 nitrogen and oxygen atoms in total. The van der Waals surface area contributed by atoms with E-state index in [-0.39, 0.29) is 17.8 Å². The Morgan fingerprint density at radius 3 is 2.35 bits per heavy atom. The first-order chi connectivity index (χ1) is 14.7. The Hall–Kier alpha value is -2.82. The predicted molar refractivity (Wildman–Crippen MR) is 121 cm³/mol. The van der Waals surface area contributed by atoms with Gasteiger partial charge < -0.3 is 14.4 Å². The van der Waals surface area contributed by atoms with Crippen LogP contribution in [0.25, 0.3) is 0 Å². The summed E-state index contributed by atoms with van der Waals surface area (Å²) in [5.41, 5.74) is 1.64. The van der Waals surface area contributed by atoms with Crippen molar-refractivity contribution in [3.05, 3.63) is 65.7 Å². The number of carbonyl (C=O) groups excluding carboxylic acids is 2. The number of ether oxygens (including phenoxy) is 2. The number of amides is 1. The molecule has 3 rings (SSSR count). The van der Waals surface area contributed by atoms with E-state index < -0.39 is 11.6 Å². The molecule has 0 aromatic heterocycles. The van der Waals surface area contributed by atoms with Gasteiger partial charge in [0.15, 0.2) is 0 Å². The molecule has 0 aliphatic carbocycles. The Labute approximate surface area is 185 Å². The first kappa shape index (κ1) is 22.9. The van der Waals surface area contributed by atoms with Crippen LogP contribution in [-0.2, 0) is 27.4 Å². The molecule has 1 amide bonds. The fraction of sp³-hybridized carbons (Fsp3) is 0.462. The van der Waals surface area contributed by atoms with Crippen LogP contribution in [-0.4, -0.2) is 35.0 Å². The predicted octanol–water partition coefficient (Wildman–Crippen LogP) is 4.78. The number of rotatable bonds is 7. The third kappa shape index (κ3) is 6.58. The third-order valence-corrected chi connectivity index (χ3v) is 5.35. The van der Waals surface area contributed by atoms with Crippen molar-refractivity contribution in [1.82, 2.24) is 4.90 Å². The number of hydrogen-bond acceptors (Lipinski definition) is 4. The zero-order chi connectivity index (χ0) is 22.4. The smallest absolute Gasteiger partial charge is 0.329 e. The van der Waals surface area contributed by atoms with Crippen LogP contribution in [0.4, 0.5) is 0 Å². The van der Waals surface area contributed by atoms with E-state index in [9.17, 15) is 9.59 Å². The van der Waals surface area contributed by atoms with Crippen molar-refractivity contribution in [2.75, 3.05) is 6.54 Å². The van der Waals surface area contributed by atoms with Gasteiger partial charge in [-0.3, -0.25) is 4.79 Å². The highest BCUT2D eigenvalue weighted by Crippen LogP contribution is 2.25.